The Morgan fingerprint density at radius 2 is 1.73 bits per heavy atom. The van der Waals surface area contributed by atoms with E-state index >= 15 is 0 Å². The molecule has 2 rings (SSSR count). The summed E-state index contributed by atoms with van der Waals surface area (Å²) >= 11 is 0.404. The zero-order valence-corrected chi connectivity index (χ0v) is 10.7. The average Bonchev–Trinajstić information content (AvgIpc) is 2.24. The molecule has 0 atom stereocenters. The van der Waals surface area contributed by atoms with Gasteiger partial charge in [-0.2, -0.15) is 0 Å². The molecule has 0 spiro atoms. The molecule has 1 aromatic carbocycles. The molecule has 2 heteroatoms. The fourth-order valence-electron chi connectivity index (χ4n) is 1.40. The zero-order chi connectivity index (χ0) is 10.7. The summed E-state index contributed by atoms with van der Waals surface area (Å²) in [5.74, 6) is 0. The maximum absolute atomic E-state index is 2.22. The molecule has 76 valence electrons. The molecule has 0 amide bonds. The molecule has 0 saturated heterocycles. The molecule has 0 radical (unpaired) electrons. The molecule has 0 aliphatic rings. The maximum atomic E-state index is 2.22. The first-order valence-corrected chi connectivity index (χ1v) is 6.67. The van der Waals surface area contributed by atoms with Gasteiger partial charge >= 0.3 is 96.8 Å². The molecule has 1 nitrogen and oxygen atoms in total. The van der Waals surface area contributed by atoms with E-state index in [-0.39, 0.29) is 0 Å². The van der Waals surface area contributed by atoms with E-state index in [0.29, 0.717) is 15.0 Å². The molecule has 2 aromatic rings. The van der Waals surface area contributed by atoms with Crippen LogP contribution in [0, 0.1) is 6.92 Å². The van der Waals surface area contributed by atoms with Gasteiger partial charge in [-0.05, 0) is 0 Å². The van der Waals surface area contributed by atoms with Gasteiger partial charge in [0, 0.05) is 0 Å². The van der Waals surface area contributed by atoms with Gasteiger partial charge in [-0.3, -0.25) is 0 Å². The zero-order valence-electron chi connectivity index (χ0n) is 8.97. The first-order chi connectivity index (χ1) is 7.27. The van der Waals surface area contributed by atoms with Crippen LogP contribution in [-0.2, 0) is 7.05 Å². The number of aryl methyl sites for hydroxylation is 2. The number of rotatable bonds is 2. The van der Waals surface area contributed by atoms with Crippen molar-refractivity contribution in [2.45, 2.75) is 6.92 Å². The van der Waals surface area contributed by atoms with Crippen molar-refractivity contribution < 1.29 is 4.57 Å². The molecule has 1 aromatic heterocycles. The molecule has 0 saturated carbocycles. The topological polar surface area (TPSA) is 3.88 Å². The van der Waals surface area contributed by atoms with E-state index in [0.717, 1.165) is 0 Å². The fraction of sp³-hybridized carbons (Fsp3) is 0.154. The summed E-state index contributed by atoms with van der Waals surface area (Å²) in [4.78, 5) is 0. The van der Waals surface area contributed by atoms with Gasteiger partial charge in [-0.1, -0.05) is 0 Å². The van der Waals surface area contributed by atoms with E-state index in [2.05, 4.69) is 67.2 Å². The molecule has 0 aliphatic heterocycles. The molecule has 0 aliphatic carbocycles. The predicted octanol–water partition coefficient (Wildman–Crippen LogP) is 0.475. The second-order valence-electron chi connectivity index (χ2n) is 3.52. The van der Waals surface area contributed by atoms with E-state index in [4.69, 9.17) is 0 Å². The molecule has 0 bridgehead atoms. The van der Waals surface area contributed by atoms with Gasteiger partial charge in [0.2, 0.25) is 0 Å². The summed E-state index contributed by atoms with van der Waals surface area (Å²) in [7, 11) is 2.11. The normalized spacial score (nSPS) is 10.3. The van der Waals surface area contributed by atoms with Crippen LogP contribution in [0.2, 0.25) is 0 Å². The Labute approximate surface area is 96.9 Å². The van der Waals surface area contributed by atoms with Crippen LogP contribution in [0.25, 0.3) is 0 Å². The summed E-state index contributed by atoms with van der Waals surface area (Å²) in [6.45, 7) is 2.18. The summed E-state index contributed by atoms with van der Waals surface area (Å²) in [6, 6.07) is 15.0. The van der Waals surface area contributed by atoms with Crippen LogP contribution in [0.3, 0.4) is 0 Å². The second kappa shape index (κ2) is 4.61. The Bertz CT molecular complexity index is 422. The van der Waals surface area contributed by atoms with Crippen LogP contribution in [-0.4, -0.2) is 15.0 Å². The minimum absolute atomic E-state index is 0.404. The monoisotopic (exact) mass is 264 g/mol. The van der Waals surface area contributed by atoms with Gasteiger partial charge in [0.1, 0.15) is 0 Å². The number of aromatic nitrogens is 1. The molecule has 0 N–H and O–H groups in total. The van der Waals surface area contributed by atoms with Crippen molar-refractivity contribution in [2.75, 3.05) is 0 Å². The van der Waals surface area contributed by atoms with E-state index in [9.17, 15) is 0 Å². The minimum atomic E-state index is 0.404. The van der Waals surface area contributed by atoms with Gasteiger partial charge in [0.05, 0.1) is 0 Å². The van der Waals surface area contributed by atoms with E-state index in [1.165, 1.54) is 14.6 Å². The third kappa shape index (κ3) is 2.47. The summed E-state index contributed by atoms with van der Waals surface area (Å²) < 4.78 is 5.07. The van der Waals surface area contributed by atoms with Crippen LogP contribution in [0.15, 0.2) is 48.7 Å². The van der Waals surface area contributed by atoms with Gasteiger partial charge in [-0.25, -0.2) is 0 Å². The van der Waals surface area contributed by atoms with Gasteiger partial charge in [0.25, 0.3) is 0 Å². The van der Waals surface area contributed by atoms with Crippen molar-refractivity contribution in [1.82, 2.24) is 0 Å². The van der Waals surface area contributed by atoms with Crippen molar-refractivity contribution in [1.29, 1.82) is 0 Å². The molecular formula is C13H14NSe+. The van der Waals surface area contributed by atoms with Gasteiger partial charge < -0.3 is 0 Å². The standard InChI is InChI=1S/C13H14NSe/c1-11-7-3-4-8-12(11)15-13-9-5-6-10-14(13)2/h3-10H,1-2H3/q+1. The molecule has 15 heavy (non-hydrogen) atoms. The van der Waals surface area contributed by atoms with Crippen LogP contribution >= 0.6 is 0 Å². The van der Waals surface area contributed by atoms with Crippen LogP contribution in [0.4, 0.5) is 0 Å². The quantitative estimate of drug-likeness (QED) is 0.548. The molecular weight excluding hydrogens is 249 g/mol. The summed E-state index contributed by atoms with van der Waals surface area (Å²) in [5, 5.41) is 0. The van der Waals surface area contributed by atoms with Gasteiger partial charge in [-0.15, -0.1) is 0 Å². The third-order valence-corrected chi connectivity index (χ3v) is 5.07. The predicted molar refractivity (Wildman–Crippen MR) is 63.8 cm³/mol. The SMILES string of the molecule is Cc1ccccc1[Se]c1cccc[n+]1C. The Hall–Kier alpha value is -1.11. The summed E-state index contributed by atoms with van der Waals surface area (Å²) in [5.41, 5.74) is 1.39. The van der Waals surface area contributed by atoms with Crippen molar-refractivity contribution >= 4 is 24.0 Å². The van der Waals surface area contributed by atoms with Crippen molar-refractivity contribution in [3.63, 3.8) is 0 Å². The average molecular weight is 263 g/mol. The van der Waals surface area contributed by atoms with Crippen LogP contribution < -0.4 is 13.6 Å². The Morgan fingerprint density at radius 3 is 2.47 bits per heavy atom. The number of benzene rings is 1. The first kappa shape index (κ1) is 10.4. The van der Waals surface area contributed by atoms with Crippen LogP contribution in [0.1, 0.15) is 5.56 Å². The number of hydrogen-bond donors (Lipinski definition) is 0. The Kier molecular flexibility index (Phi) is 3.20. The Morgan fingerprint density at radius 1 is 1.00 bits per heavy atom. The first-order valence-electron chi connectivity index (χ1n) is 4.95. The summed E-state index contributed by atoms with van der Waals surface area (Å²) in [6.07, 6.45) is 2.11. The van der Waals surface area contributed by atoms with Crippen molar-refractivity contribution in [3.05, 3.63) is 54.2 Å². The van der Waals surface area contributed by atoms with Crippen LogP contribution in [0.5, 0.6) is 0 Å². The number of hydrogen-bond acceptors (Lipinski definition) is 0. The van der Waals surface area contributed by atoms with Gasteiger partial charge in [0.15, 0.2) is 0 Å². The second-order valence-corrected chi connectivity index (χ2v) is 5.75. The van der Waals surface area contributed by atoms with E-state index in [1.54, 1.807) is 0 Å². The number of nitrogens with zero attached hydrogens (tertiary/aromatic N) is 1. The molecule has 1 heterocycles. The fourth-order valence-corrected chi connectivity index (χ4v) is 3.40. The molecule has 0 fully saturated rings. The number of pyridine rings is 1. The Balaban J connectivity index is 2.30. The van der Waals surface area contributed by atoms with Crippen molar-refractivity contribution in [2.24, 2.45) is 7.05 Å². The molecule has 0 unspecified atom stereocenters. The van der Waals surface area contributed by atoms with E-state index in [1.807, 2.05) is 0 Å². The van der Waals surface area contributed by atoms with E-state index < -0.39 is 0 Å². The third-order valence-electron chi connectivity index (χ3n) is 2.32. The van der Waals surface area contributed by atoms with Crippen molar-refractivity contribution in [3.8, 4) is 0 Å².